The lowest BCUT2D eigenvalue weighted by Gasteiger charge is -2.39. The molecular formula is C19H16Br2F2N2O3S. The fourth-order valence-corrected chi connectivity index (χ4v) is 5.77. The van der Waals surface area contributed by atoms with Gasteiger partial charge >= 0.3 is 6.09 Å². The lowest BCUT2D eigenvalue weighted by molar-refractivity contribution is 0.136. The molecule has 2 aromatic carbocycles. The van der Waals surface area contributed by atoms with Crippen molar-refractivity contribution in [3.8, 4) is 0 Å². The quantitative estimate of drug-likeness (QED) is 0.498. The molecule has 2 aliphatic heterocycles. The van der Waals surface area contributed by atoms with Gasteiger partial charge in [-0.25, -0.2) is 22.1 Å². The molecule has 1 saturated heterocycles. The van der Waals surface area contributed by atoms with Crippen LogP contribution in [0.1, 0.15) is 18.4 Å². The molecule has 0 bridgehead atoms. The van der Waals surface area contributed by atoms with E-state index in [2.05, 4.69) is 31.9 Å². The molecule has 0 aliphatic carbocycles. The maximum Gasteiger partial charge on any atom is 0.414 e. The van der Waals surface area contributed by atoms with Crippen LogP contribution >= 0.6 is 31.9 Å². The Morgan fingerprint density at radius 2 is 1.79 bits per heavy atom. The van der Waals surface area contributed by atoms with E-state index in [9.17, 15) is 17.8 Å². The van der Waals surface area contributed by atoms with Gasteiger partial charge in [0.05, 0.1) is 15.1 Å². The van der Waals surface area contributed by atoms with Crippen molar-refractivity contribution in [3.63, 3.8) is 0 Å². The van der Waals surface area contributed by atoms with Crippen LogP contribution in [-0.2, 0) is 22.3 Å². The molecule has 2 aromatic rings. The zero-order valence-electron chi connectivity index (χ0n) is 15.0. The van der Waals surface area contributed by atoms with Crippen LogP contribution in [0.5, 0.6) is 0 Å². The van der Waals surface area contributed by atoms with Gasteiger partial charge in [0.15, 0.2) is 0 Å². The Balaban J connectivity index is 1.50. The number of rotatable bonds is 3. The Bertz CT molecular complexity index is 1000. The third-order valence-corrected chi connectivity index (χ3v) is 7.66. The zero-order valence-corrected chi connectivity index (χ0v) is 19.0. The van der Waals surface area contributed by atoms with E-state index in [1.54, 1.807) is 9.21 Å². The predicted molar refractivity (Wildman–Crippen MR) is 112 cm³/mol. The Morgan fingerprint density at radius 1 is 1.07 bits per heavy atom. The number of carbonyl (C=O) groups excluding carboxylic acids is 1. The topological polar surface area (TPSA) is 49.9 Å². The Kier molecular flexibility index (Phi) is 6.06. The average Bonchev–Trinajstić information content (AvgIpc) is 2.70. The third-order valence-electron chi connectivity index (χ3n) is 5.03. The van der Waals surface area contributed by atoms with Crippen molar-refractivity contribution in [2.45, 2.75) is 30.4 Å². The van der Waals surface area contributed by atoms with Crippen LogP contribution < -0.4 is 4.90 Å². The highest BCUT2D eigenvalue weighted by atomic mass is 79.9. The minimum atomic E-state index is -1.76. The number of nitrogens with zero attached hydrogens (tertiary/aromatic N) is 2. The molecule has 29 heavy (non-hydrogen) atoms. The van der Waals surface area contributed by atoms with Crippen LogP contribution in [0.15, 0.2) is 44.2 Å². The molecule has 10 heteroatoms. The summed E-state index contributed by atoms with van der Waals surface area (Å²) < 4.78 is 48.3. The molecule has 0 radical (unpaired) electrons. The van der Waals surface area contributed by atoms with Crippen LogP contribution in [0.3, 0.4) is 0 Å². The predicted octanol–water partition coefficient (Wildman–Crippen LogP) is 5.13. The molecule has 2 aliphatic rings. The second-order valence-corrected chi connectivity index (χ2v) is 10.0. The fourth-order valence-electron chi connectivity index (χ4n) is 3.60. The number of carbonyl (C=O) groups is 1. The van der Waals surface area contributed by atoms with E-state index < -0.39 is 28.7 Å². The van der Waals surface area contributed by atoms with Crippen LogP contribution in [-0.4, -0.2) is 33.7 Å². The number of ether oxygens (including phenoxy) is 1. The van der Waals surface area contributed by atoms with Crippen molar-refractivity contribution in [1.82, 2.24) is 4.31 Å². The number of halogens is 4. The summed E-state index contributed by atoms with van der Waals surface area (Å²) in [6.07, 6.45) is 0.716. The normalized spacial score (nSPS) is 19.0. The number of amides is 1. The molecule has 0 N–H and O–H groups in total. The molecule has 1 amide bonds. The van der Waals surface area contributed by atoms with Crippen molar-refractivity contribution in [2.75, 3.05) is 18.0 Å². The zero-order chi connectivity index (χ0) is 20.7. The number of hydrogen-bond acceptors (Lipinski definition) is 3. The number of benzene rings is 2. The molecule has 0 spiro atoms. The smallest absolute Gasteiger partial charge is 0.414 e. The van der Waals surface area contributed by atoms with Gasteiger partial charge in [0.2, 0.25) is 0 Å². The number of hydrogen-bond donors (Lipinski definition) is 0. The van der Waals surface area contributed by atoms with Gasteiger partial charge in [0.1, 0.15) is 29.2 Å². The Hall–Kier alpha value is -1.36. The van der Waals surface area contributed by atoms with E-state index >= 15 is 0 Å². The van der Waals surface area contributed by atoms with Crippen molar-refractivity contribution >= 4 is 54.6 Å². The van der Waals surface area contributed by atoms with Crippen LogP contribution in [0.2, 0.25) is 0 Å². The van der Waals surface area contributed by atoms with Crippen LogP contribution in [0, 0.1) is 11.6 Å². The van der Waals surface area contributed by atoms with Crippen LogP contribution in [0.4, 0.5) is 19.3 Å². The summed E-state index contributed by atoms with van der Waals surface area (Å²) in [4.78, 5) is 14.0. The van der Waals surface area contributed by atoms with Gasteiger partial charge in [0, 0.05) is 35.2 Å². The van der Waals surface area contributed by atoms with Gasteiger partial charge in [-0.2, -0.15) is 0 Å². The first-order chi connectivity index (χ1) is 13.8. The fraction of sp³-hybridized carbons (Fsp3) is 0.316. The van der Waals surface area contributed by atoms with Crippen molar-refractivity contribution in [2.24, 2.45) is 0 Å². The maximum atomic E-state index is 14.1. The van der Waals surface area contributed by atoms with E-state index in [1.807, 2.05) is 18.2 Å². The number of piperidine rings is 1. The molecule has 2 heterocycles. The second-order valence-electron chi connectivity index (χ2n) is 6.80. The van der Waals surface area contributed by atoms with E-state index in [4.69, 9.17) is 4.74 Å². The molecule has 5 nitrogen and oxygen atoms in total. The molecule has 154 valence electrons. The van der Waals surface area contributed by atoms with Gasteiger partial charge in [-0.3, -0.25) is 4.90 Å². The summed E-state index contributed by atoms with van der Waals surface area (Å²) in [5.74, 6) is -1.58. The average molecular weight is 550 g/mol. The second kappa shape index (κ2) is 8.41. The summed E-state index contributed by atoms with van der Waals surface area (Å²) in [5.41, 5.74) is 1.74. The van der Waals surface area contributed by atoms with Gasteiger partial charge in [-0.15, -0.1) is 0 Å². The van der Waals surface area contributed by atoms with Crippen LogP contribution in [0.25, 0.3) is 0 Å². The van der Waals surface area contributed by atoms with Gasteiger partial charge < -0.3 is 4.74 Å². The van der Waals surface area contributed by atoms with E-state index in [0.717, 1.165) is 21.8 Å². The molecule has 0 saturated carbocycles. The van der Waals surface area contributed by atoms with Crippen molar-refractivity contribution in [3.05, 3.63) is 56.5 Å². The standard InChI is InChI=1S/C19H16Br2F2N2O3S/c20-12-1-2-17-11(7-12)10-28-19(26)25(17)13-3-5-24(6-4-13)29(27)18-8-14(21)15(22)9-16(18)23/h1-2,7-9,13H,3-6,10H2. The highest BCUT2D eigenvalue weighted by molar-refractivity contribution is 9.10. The Labute approximate surface area is 185 Å². The number of cyclic esters (lactones) is 1. The van der Waals surface area contributed by atoms with Crippen molar-refractivity contribution < 1.29 is 22.5 Å². The molecule has 0 aromatic heterocycles. The van der Waals surface area contributed by atoms with E-state index in [0.29, 0.717) is 25.9 Å². The summed E-state index contributed by atoms with van der Waals surface area (Å²) in [5, 5.41) is 0. The lowest BCUT2D eigenvalue weighted by atomic mass is 10.0. The Morgan fingerprint density at radius 3 is 2.52 bits per heavy atom. The summed E-state index contributed by atoms with van der Waals surface area (Å²) in [6, 6.07) is 7.51. The summed E-state index contributed by atoms with van der Waals surface area (Å²) in [6.45, 7) is 1.04. The van der Waals surface area contributed by atoms with E-state index in [-0.39, 0.29) is 22.0 Å². The number of fused-ring (bicyclic) bond motifs is 1. The first-order valence-electron chi connectivity index (χ1n) is 8.91. The monoisotopic (exact) mass is 548 g/mol. The van der Waals surface area contributed by atoms with Gasteiger partial charge in [0.25, 0.3) is 0 Å². The molecular weight excluding hydrogens is 534 g/mol. The van der Waals surface area contributed by atoms with Gasteiger partial charge in [-0.1, -0.05) is 15.9 Å². The lowest BCUT2D eigenvalue weighted by Crippen LogP contribution is -2.49. The minimum absolute atomic E-state index is 0.0655. The third kappa shape index (κ3) is 4.12. The minimum Gasteiger partial charge on any atom is -0.444 e. The summed E-state index contributed by atoms with van der Waals surface area (Å²) >= 11 is 6.43. The molecule has 1 fully saturated rings. The molecule has 1 atom stereocenters. The van der Waals surface area contributed by atoms with Crippen molar-refractivity contribution in [1.29, 1.82) is 0 Å². The first-order valence-corrected chi connectivity index (χ1v) is 11.6. The number of anilines is 1. The SMILES string of the molecule is O=C1OCc2cc(Br)ccc2N1C1CCN(S(=O)c2cc(Br)c(F)cc2F)CC1. The maximum absolute atomic E-state index is 14.1. The largest absolute Gasteiger partial charge is 0.444 e. The highest BCUT2D eigenvalue weighted by Gasteiger charge is 2.35. The summed E-state index contributed by atoms with van der Waals surface area (Å²) in [7, 11) is -1.76. The highest BCUT2D eigenvalue weighted by Crippen LogP contribution is 2.34. The first kappa shape index (κ1) is 20.9. The van der Waals surface area contributed by atoms with Gasteiger partial charge in [-0.05, 0) is 53.0 Å². The molecule has 4 rings (SSSR count). The molecule has 1 unspecified atom stereocenters. The van der Waals surface area contributed by atoms with E-state index in [1.165, 1.54) is 6.07 Å².